The molecule has 0 bridgehead atoms. The summed E-state index contributed by atoms with van der Waals surface area (Å²) in [6.07, 6.45) is 5.67. The number of morpholine rings is 1. The Labute approximate surface area is 198 Å². The van der Waals surface area contributed by atoms with Crippen LogP contribution < -0.4 is 4.74 Å². The summed E-state index contributed by atoms with van der Waals surface area (Å²) < 4.78 is 13.0. The van der Waals surface area contributed by atoms with Crippen LogP contribution in [0.2, 0.25) is 0 Å². The third kappa shape index (κ3) is 4.40. The number of pyridine rings is 1. The molecule has 5 rings (SSSR count). The molecule has 7 nitrogen and oxygen atoms in total. The summed E-state index contributed by atoms with van der Waals surface area (Å²) in [6, 6.07) is 15.4. The Kier molecular flexibility index (Phi) is 6.29. The maximum Gasteiger partial charge on any atom is 0.336 e. The van der Waals surface area contributed by atoms with E-state index in [1.165, 1.54) is 0 Å². The molecule has 2 aromatic heterocycles. The van der Waals surface area contributed by atoms with Crippen LogP contribution in [0.5, 0.6) is 5.75 Å². The number of fused-ring (bicyclic) bond motifs is 1. The van der Waals surface area contributed by atoms with E-state index in [2.05, 4.69) is 26.7 Å². The molecule has 34 heavy (non-hydrogen) atoms. The van der Waals surface area contributed by atoms with Crippen LogP contribution in [0.1, 0.15) is 10.4 Å². The molecular formula is C27H27N3O4. The molecule has 1 fully saturated rings. The van der Waals surface area contributed by atoms with Crippen molar-refractivity contribution >= 4 is 16.9 Å². The number of benzene rings is 2. The van der Waals surface area contributed by atoms with E-state index in [1.54, 1.807) is 19.4 Å². The third-order valence-electron chi connectivity index (χ3n) is 6.35. The summed E-state index contributed by atoms with van der Waals surface area (Å²) in [5, 5.41) is 10.7. The number of carbonyl (C=O) groups is 1. The predicted octanol–water partition coefficient (Wildman–Crippen LogP) is 4.41. The van der Waals surface area contributed by atoms with Crippen LogP contribution in [-0.4, -0.2) is 65.5 Å². The van der Waals surface area contributed by atoms with Gasteiger partial charge in [0, 0.05) is 72.4 Å². The second-order valence-corrected chi connectivity index (χ2v) is 8.39. The molecule has 7 heteroatoms. The van der Waals surface area contributed by atoms with Gasteiger partial charge in [-0.1, -0.05) is 18.2 Å². The molecule has 0 spiro atoms. The zero-order valence-corrected chi connectivity index (χ0v) is 19.1. The van der Waals surface area contributed by atoms with Crippen molar-refractivity contribution in [2.24, 2.45) is 0 Å². The number of carboxylic acids is 1. The van der Waals surface area contributed by atoms with Gasteiger partial charge in [-0.15, -0.1) is 0 Å². The standard InChI is InChI=1S/C27H27N3O4/c1-33-22-5-2-4-19(15-22)20-14-21(17-28-16-20)24-18-30(9-8-29-10-12-34-13-11-29)25-7-3-6-23(26(24)25)27(31)32/h2-7,14-18H,8-13H2,1H3,(H,31,32). The fourth-order valence-corrected chi connectivity index (χ4v) is 4.56. The number of aromatic carboxylic acids is 1. The molecule has 3 heterocycles. The topological polar surface area (TPSA) is 76.8 Å². The average Bonchev–Trinajstić information content (AvgIpc) is 3.27. The highest BCUT2D eigenvalue weighted by molar-refractivity contribution is 6.09. The number of ether oxygens (including phenoxy) is 2. The normalized spacial score (nSPS) is 14.4. The van der Waals surface area contributed by atoms with E-state index < -0.39 is 5.97 Å². The molecule has 0 radical (unpaired) electrons. The Bertz CT molecular complexity index is 1320. The first-order valence-corrected chi connectivity index (χ1v) is 11.4. The lowest BCUT2D eigenvalue weighted by Gasteiger charge is -2.26. The van der Waals surface area contributed by atoms with Gasteiger partial charge < -0.3 is 19.1 Å². The van der Waals surface area contributed by atoms with Crippen molar-refractivity contribution in [1.29, 1.82) is 0 Å². The molecule has 0 amide bonds. The molecule has 2 aromatic carbocycles. The fourth-order valence-electron chi connectivity index (χ4n) is 4.56. The Morgan fingerprint density at radius 2 is 1.82 bits per heavy atom. The predicted molar refractivity (Wildman–Crippen MR) is 131 cm³/mol. The van der Waals surface area contributed by atoms with Gasteiger partial charge in [0.1, 0.15) is 5.75 Å². The monoisotopic (exact) mass is 457 g/mol. The van der Waals surface area contributed by atoms with E-state index in [4.69, 9.17) is 9.47 Å². The van der Waals surface area contributed by atoms with E-state index >= 15 is 0 Å². The Morgan fingerprint density at radius 3 is 2.62 bits per heavy atom. The fraction of sp³-hybridized carbons (Fsp3) is 0.259. The Hall–Kier alpha value is -3.68. The molecule has 0 atom stereocenters. The van der Waals surface area contributed by atoms with Crippen LogP contribution in [-0.2, 0) is 11.3 Å². The van der Waals surface area contributed by atoms with Crippen molar-refractivity contribution < 1.29 is 19.4 Å². The van der Waals surface area contributed by atoms with Gasteiger partial charge in [-0.25, -0.2) is 4.79 Å². The van der Waals surface area contributed by atoms with Gasteiger partial charge in [0.15, 0.2) is 0 Å². The maximum absolute atomic E-state index is 12.1. The molecule has 0 unspecified atom stereocenters. The van der Waals surface area contributed by atoms with E-state index in [9.17, 15) is 9.90 Å². The van der Waals surface area contributed by atoms with Crippen molar-refractivity contribution in [2.75, 3.05) is 40.0 Å². The van der Waals surface area contributed by atoms with Crippen molar-refractivity contribution in [3.63, 3.8) is 0 Å². The largest absolute Gasteiger partial charge is 0.497 e. The number of hydrogen-bond donors (Lipinski definition) is 1. The quantitative estimate of drug-likeness (QED) is 0.443. The lowest BCUT2D eigenvalue weighted by molar-refractivity contribution is 0.0365. The first kappa shape index (κ1) is 22.1. The number of carboxylic acid groups (broad SMARTS) is 1. The first-order valence-electron chi connectivity index (χ1n) is 11.4. The van der Waals surface area contributed by atoms with Crippen LogP contribution in [0.15, 0.2) is 67.1 Å². The molecule has 1 aliphatic heterocycles. The minimum Gasteiger partial charge on any atom is -0.497 e. The summed E-state index contributed by atoms with van der Waals surface area (Å²) in [7, 11) is 1.65. The SMILES string of the molecule is COc1cccc(-c2cncc(-c3cn(CCN4CCOCC4)c4cccc(C(=O)O)c34)c2)c1. The molecule has 0 saturated carbocycles. The number of aromatic nitrogens is 2. The number of methoxy groups -OCH3 is 1. The second kappa shape index (κ2) is 9.67. The number of hydrogen-bond acceptors (Lipinski definition) is 5. The molecule has 4 aromatic rings. The van der Waals surface area contributed by atoms with Crippen LogP contribution >= 0.6 is 0 Å². The van der Waals surface area contributed by atoms with Crippen LogP contribution in [0, 0.1) is 0 Å². The Morgan fingerprint density at radius 1 is 1.03 bits per heavy atom. The van der Waals surface area contributed by atoms with Crippen LogP contribution in [0.25, 0.3) is 33.2 Å². The minimum atomic E-state index is -0.935. The molecule has 174 valence electrons. The molecule has 1 aliphatic rings. The van der Waals surface area contributed by atoms with Crippen molar-refractivity contribution in [3.05, 3.63) is 72.7 Å². The molecule has 1 saturated heterocycles. The zero-order chi connectivity index (χ0) is 23.5. The van der Waals surface area contributed by atoms with Gasteiger partial charge in [-0.05, 0) is 35.9 Å². The van der Waals surface area contributed by atoms with Crippen molar-refractivity contribution in [1.82, 2.24) is 14.5 Å². The summed E-state index contributed by atoms with van der Waals surface area (Å²) in [5.74, 6) is -0.162. The molecule has 1 N–H and O–H groups in total. The van der Waals surface area contributed by atoms with Gasteiger partial charge >= 0.3 is 5.97 Å². The zero-order valence-electron chi connectivity index (χ0n) is 19.1. The first-order chi connectivity index (χ1) is 16.6. The van der Waals surface area contributed by atoms with E-state index in [1.807, 2.05) is 42.6 Å². The number of rotatable bonds is 7. The lowest BCUT2D eigenvalue weighted by Crippen LogP contribution is -2.38. The Balaban J connectivity index is 1.58. The van der Waals surface area contributed by atoms with Gasteiger partial charge in [0.2, 0.25) is 0 Å². The molecule has 0 aliphatic carbocycles. The van der Waals surface area contributed by atoms with Gasteiger partial charge in [-0.2, -0.15) is 0 Å². The minimum absolute atomic E-state index is 0.296. The van der Waals surface area contributed by atoms with Crippen molar-refractivity contribution in [3.8, 4) is 28.0 Å². The summed E-state index contributed by atoms with van der Waals surface area (Å²) in [5.41, 5.74) is 4.89. The van der Waals surface area contributed by atoms with E-state index in [-0.39, 0.29) is 0 Å². The van der Waals surface area contributed by atoms with Gasteiger partial charge in [0.05, 0.1) is 25.9 Å². The number of nitrogens with zero attached hydrogens (tertiary/aromatic N) is 3. The van der Waals surface area contributed by atoms with Crippen LogP contribution in [0.4, 0.5) is 0 Å². The lowest BCUT2D eigenvalue weighted by atomic mass is 9.99. The average molecular weight is 458 g/mol. The van der Waals surface area contributed by atoms with Crippen molar-refractivity contribution in [2.45, 2.75) is 6.54 Å². The second-order valence-electron chi connectivity index (χ2n) is 8.39. The summed E-state index contributed by atoms with van der Waals surface area (Å²) in [6.45, 7) is 4.99. The van der Waals surface area contributed by atoms with E-state index in [0.717, 1.165) is 78.3 Å². The highest BCUT2D eigenvalue weighted by atomic mass is 16.5. The van der Waals surface area contributed by atoms with E-state index in [0.29, 0.717) is 5.56 Å². The summed E-state index contributed by atoms with van der Waals surface area (Å²) in [4.78, 5) is 19.0. The third-order valence-corrected chi connectivity index (χ3v) is 6.35. The smallest absolute Gasteiger partial charge is 0.336 e. The van der Waals surface area contributed by atoms with Crippen LogP contribution in [0.3, 0.4) is 0 Å². The molecular weight excluding hydrogens is 430 g/mol. The highest BCUT2D eigenvalue weighted by Crippen LogP contribution is 2.35. The van der Waals surface area contributed by atoms with Gasteiger partial charge in [-0.3, -0.25) is 9.88 Å². The highest BCUT2D eigenvalue weighted by Gasteiger charge is 2.19. The maximum atomic E-state index is 12.1. The summed E-state index contributed by atoms with van der Waals surface area (Å²) >= 11 is 0. The van der Waals surface area contributed by atoms with Gasteiger partial charge in [0.25, 0.3) is 0 Å².